The van der Waals surface area contributed by atoms with Gasteiger partial charge in [-0.3, -0.25) is 0 Å². The fourth-order valence-electron chi connectivity index (χ4n) is 2.31. The average Bonchev–Trinajstić information content (AvgIpc) is 2.46. The van der Waals surface area contributed by atoms with Gasteiger partial charge in [0.2, 0.25) is 0 Å². The molecule has 0 radical (unpaired) electrons. The Labute approximate surface area is 134 Å². The highest BCUT2D eigenvalue weighted by Gasteiger charge is 2.12. The van der Waals surface area contributed by atoms with Gasteiger partial charge in [0, 0.05) is 16.6 Å². The van der Waals surface area contributed by atoms with Gasteiger partial charge in [-0.05, 0) is 51.3 Å². The molecule has 3 nitrogen and oxygen atoms in total. The molecule has 0 bridgehead atoms. The van der Waals surface area contributed by atoms with Crippen LogP contribution in [0, 0.1) is 19.8 Å². The van der Waals surface area contributed by atoms with Crippen LogP contribution in [0.1, 0.15) is 56.9 Å². The Morgan fingerprint density at radius 2 is 1.71 bits per heavy atom. The molecule has 0 amide bonds. The van der Waals surface area contributed by atoms with E-state index in [4.69, 9.17) is 9.97 Å². The van der Waals surface area contributed by atoms with E-state index in [1.807, 2.05) is 11.8 Å². The molecule has 1 N–H and O–H groups in total. The van der Waals surface area contributed by atoms with Crippen LogP contribution in [-0.2, 0) is 12.2 Å². The molecule has 0 fully saturated rings. The fraction of sp³-hybridized carbons (Fsp3) is 0.765. The highest BCUT2D eigenvalue weighted by atomic mass is 32.2. The molecule has 2 atom stereocenters. The Morgan fingerprint density at radius 1 is 1.10 bits per heavy atom. The number of nitrogens with one attached hydrogen (secondary N) is 1. The molecule has 0 saturated carbocycles. The van der Waals surface area contributed by atoms with E-state index in [1.54, 1.807) is 0 Å². The molecule has 4 heteroatoms. The first kappa shape index (κ1) is 18.4. The maximum absolute atomic E-state index is 4.72. The van der Waals surface area contributed by atoms with Crippen molar-refractivity contribution in [3.63, 3.8) is 0 Å². The van der Waals surface area contributed by atoms with Crippen molar-refractivity contribution in [1.29, 1.82) is 0 Å². The molecule has 1 heterocycles. The second-order valence-electron chi connectivity index (χ2n) is 5.94. The number of thioether (sulfide) groups is 1. The van der Waals surface area contributed by atoms with Crippen molar-refractivity contribution in [1.82, 2.24) is 15.3 Å². The molecular formula is C17H31N3S. The van der Waals surface area contributed by atoms with Gasteiger partial charge in [-0.25, -0.2) is 9.97 Å². The molecule has 0 spiro atoms. The third-order valence-corrected chi connectivity index (χ3v) is 5.16. The van der Waals surface area contributed by atoms with Crippen molar-refractivity contribution in [2.45, 2.75) is 65.4 Å². The predicted octanol–water partition coefficient (Wildman–Crippen LogP) is 3.91. The van der Waals surface area contributed by atoms with Crippen molar-refractivity contribution >= 4 is 11.8 Å². The van der Waals surface area contributed by atoms with Crippen molar-refractivity contribution in [3.05, 3.63) is 22.8 Å². The smallest absolute Gasteiger partial charge is 0.138 e. The van der Waals surface area contributed by atoms with E-state index in [1.165, 1.54) is 12.0 Å². The predicted molar refractivity (Wildman–Crippen MR) is 94.0 cm³/mol. The van der Waals surface area contributed by atoms with Gasteiger partial charge in [0.15, 0.2) is 0 Å². The van der Waals surface area contributed by atoms with Gasteiger partial charge in [0.1, 0.15) is 5.82 Å². The third kappa shape index (κ3) is 6.35. The van der Waals surface area contributed by atoms with Crippen LogP contribution in [0.15, 0.2) is 0 Å². The topological polar surface area (TPSA) is 37.8 Å². The van der Waals surface area contributed by atoms with Gasteiger partial charge >= 0.3 is 0 Å². The summed E-state index contributed by atoms with van der Waals surface area (Å²) in [5, 5.41) is 4.09. The summed E-state index contributed by atoms with van der Waals surface area (Å²) in [7, 11) is 0. The van der Waals surface area contributed by atoms with Crippen molar-refractivity contribution in [3.8, 4) is 0 Å². The van der Waals surface area contributed by atoms with Crippen LogP contribution < -0.4 is 5.32 Å². The Balaban J connectivity index is 2.70. The molecule has 1 aromatic rings. The van der Waals surface area contributed by atoms with Gasteiger partial charge in [-0.2, -0.15) is 11.8 Å². The Kier molecular flexibility index (Phi) is 8.27. The van der Waals surface area contributed by atoms with Gasteiger partial charge in [-0.15, -0.1) is 0 Å². The molecule has 120 valence electrons. The Morgan fingerprint density at radius 3 is 2.24 bits per heavy atom. The molecule has 2 unspecified atom stereocenters. The number of aryl methyl sites for hydroxylation is 2. The molecule has 0 saturated heterocycles. The molecule has 0 aliphatic carbocycles. The summed E-state index contributed by atoms with van der Waals surface area (Å²) in [6, 6.07) is 0. The van der Waals surface area contributed by atoms with E-state index in [-0.39, 0.29) is 0 Å². The van der Waals surface area contributed by atoms with Crippen molar-refractivity contribution in [2.75, 3.05) is 13.1 Å². The highest BCUT2D eigenvalue weighted by Crippen LogP contribution is 2.20. The number of hydrogen-bond donors (Lipinski definition) is 1. The second-order valence-corrected chi connectivity index (χ2v) is 7.36. The third-order valence-electron chi connectivity index (χ3n) is 3.83. The minimum atomic E-state index is 0.617. The number of hydrogen-bond acceptors (Lipinski definition) is 4. The highest BCUT2D eigenvalue weighted by molar-refractivity contribution is 7.99. The summed E-state index contributed by atoms with van der Waals surface area (Å²) in [6.07, 6.45) is 2.26. The lowest BCUT2D eigenvalue weighted by atomic mass is 9.98. The normalized spacial score (nSPS) is 14.2. The van der Waals surface area contributed by atoms with Crippen LogP contribution in [0.3, 0.4) is 0 Å². The minimum Gasteiger partial charge on any atom is -0.317 e. The van der Waals surface area contributed by atoms with Gasteiger partial charge < -0.3 is 5.32 Å². The lowest BCUT2D eigenvalue weighted by Gasteiger charge is -2.16. The molecule has 0 aliphatic rings. The molecule has 0 aliphatic heterocycles. The van der Waals surface area contributed by atoms with E-state index in [9.17, 15) is 0 Å². The lowest BCUT2D eigenvalue weighted by molar-refractivity contribution is 0.517. The number of aromatic nitrogens is 2. The molecule has 1 rings (SSSR count). The fourth-order valence-corrected chi connectivity index (χ4v) is 3.11. The van der Waals surface area contributed by atoms with Crippen molar-refractivity contribution < 1.29 is 0 Å². The van der Waals surface area contributed by atoms with Crippen LogP contribution >= 0.6 is 11.8 Å². The molecule has 0 aromatic carbocycles. The van der Waals surface area contributed by atoms with E-state index in [0.717, 1.165) is 42.5 Å². The quantitative estimate of drug-likeness (QED) is 0.750. The first-order valence-corrected chi connectivity index (χ1v) is 9.18. The van der Waals surface area contributed by atoms with Crippen LogP contribution in [0.2, 0.25) is 0 Å². The largest absolute Gasteiger partial charge is 0.317 e. The Hall–Kier alpha value is -0.610. The van der Waals surface area contributed by atoms with Gasteiger partial charge in [0.05, 0.1) is 5.75 Å². The standard InChI is InChI=1S/C17H31N3S/c1-7-13(4)21-11-17-19-14(5)16(15(6)20-17)9-12(3)10-18-8-2/h12-13,18H,7-11H2,1-6H3. The second kappa shape index (κ2) is 9.42. The Bertz CT molecular complexity index is 411. The summed E-state index contributed by atoms with van der Waals surface area (Å²) >= 11 is 1.94. The van der Waals surface area contributed by atoms with Crippen LogP contribution in [-0.4, -0.2) is 28.3 Å². The first-order valence-electron chi connectivity index (χ1n) is 8.13. The maximum Gasteiger partial charge on any atom is 0.138 e. The molecular weight excluding hydrogens is 278 g/mol. The van der Waals surface area contributed by atoms with E-state index < -0.39 is 0 Å². The number of rotatable bonds is 9. The van der Waals surface area contributed by atoms with Gasteiger partial charge in [-0.1, -0.05) is 27.7 Å². The van der Waals surface area contributed by atoms with Crippen LogP contribution in [0.5, 0.6) is 0 Å². The maximum atomic E-state index is 4.72. The van der Waals surface area contributed by atoms with Crippen LogP contribution in [0.4, 0.5) is 0 Å². The monoisotopic (exact) mass is 309 g/mol. The first-order chi connectivity index (χ1) is 9.97. The van der Waals surface area contributed by atoms with Crippen LogP contribution in [0.25, 0.3) is 0 Å². The summed E-state index contributed by atoms with van der Waals surface area (Å²) in [4.78, 5) is 9.44. The zero-order valence-electron chi connectivity index (χ0n) is 14.5. The zero-order chi connectivity index (χ0) is 15.8. The number of nitrogens with zero attached hydrogens (tertiary/aromatic N) is 2. The molecule has 1 aromatic heterocycles. The van der Waals surface area contributed by atoms with Gasteiger partial charge in [0.25, 0.3) is 0 Å². The summed E-state index contributed by atoms with van der Waals surface area (Å²) in [5.41, 5.74) is 3.65. The molecule has 21 heavy (non-hydrogen) atoms. The summed E-state index contributed by atoms with van der Waals surface area (Å²) in [5.74, 6) is 2.52. The average molecular weight is 310 g/mol. The SMILES string of the molecule is CCNCC(C)Cc1c(C)nc(CSC(C)CC)nc1C. The van der Waals surface area contributed by atoms with E-state index in [0.29, 0.717) is 11.2 Å². The lowest BCUT2D eigenvalue weighted by Crippen LogP contribution is -2.22. The summed E-state index contributed by atoms with van der Waals surface area (Å²) in [6.45, 7) is 15.3. The van der Waals surface area contributed by atoms with E-state index >= 15 is 0 Å². The minimum absolute atomic E-state index is 0.617. The van der Waals surface area contributed by atoms with Crippen molar-refractivity contribution in [2.24, 2.45) is 5.92 Å². The zero-order valence-corrected chi connectivity index (χ0v) is 15.3. The summed E-state index contributed by atoms with van der Waals surface area (Å²) < 4.78 is 0. The van der Waals surface area contributed by atoms with E-state index in [2.05, 4.69) is 46.9 Å².